The number of urea groups is 1. The fraction of sp³-hybridized carbons (Fsp3) is 0.292. The summed E-state index contributed by atoms with van der Waals surface area (Å²) in [4.78, 5) is 31.9. The number of nitrogens with zero attached hydrogens (tertiary/aromatic N) is 2. The number of likely N-dealkylation sites (tertiary alicyclic amines) is 1. The van der Waals surface area contributed by atoms with Crippen LogP contribution in [0.15, 0.2) is 42.5 Å². The van der Waals surface area contributed by atoms with Crippen molar-refractivity contribution in [1.29, 1.82) is 0 Å². The number of amides is 3. The average Bonchev–Trinajstić information content (AvgIpc) is 2.77. The zero-order chi connectivity index (χ0) is 23.4. The molecule has 0 unspecified atom stereocenters. The quantitative estimate of drug-likeness (QED) is 0.418. The van der Waals surface area contributed by atoms with E-state index >= 15 is 0 Å². The van der Waals surface area contributed by atoms with Crippen LogP contribution in [0, 0.1) is 6.92 Å². The van der Waals surface area contributed by atoms with Gasteiger partial charge in [0.25, 0.3) is 0 Å². The molecule has 1 aliphatic heterocycles. The van der Waals surface area contributed by atoms with Crippen molar-refractivity contribution in [3.63, 3.8) is 0 Å². The van der Waals surface area contributed by atoms with Crippen LogP contribution >= 0.6 is 23.2 Å². The maximum atomic E-state index is 12.7. The fourth-order valence-electron chi connectivity index (χ4n) is 3.92. The highest BCUT2D eigenvalue weighted by Gasteiger charge is 2.15. The van der Waals surface area contributed by atoms with Crippen LogP contribution in [0.2, 0.25) is 10.0 Å². The number of piperidine rings is 1. The summed E-state index contributed by atoms with van der Waals surface area (Å²) in [6, 6.07) is 11.7. The standard InChI is InChI=1S/C24H25Cl2N5O2/c1-15-11-22(30-23(32)14-31-9-3-2-4-10-31)18-12-16(6-8-21(18)27-15)28-24(33)29-17-5-7-19(25)20(26)13-17/h5-8,11-13H,2-4,9-10,14H2,1H3,(H,27,30,32)(H2,28,29,33). The van der Waals surface area contributed by atoms with Crippen molar-refractivity contribution in [3.8, 4) is 0 Å². The minimum Gasteiger partial charge on any atom is -0.324 e. The largest absolute Gasteiger partial charge is 0.324 e. The van der Waals surface area contributed by atoms with Gasteiger partial charge >= 0.3 is 6.03 Å². The first-order chi connectivity index (χ1) is 15.9. The molecule has 0 aliphatic carbocycles. The molecule has 1 aromatic heterocycles. The normalized spacial score (nSPS) is 14.2. The van der Waals surface area contributed by atoms with Gasteiger partial charge in [0.05, 0.1) is 27.8 Å². The van der Waals surface area contributed by atoms with Crippen LogP contribution in [0.25, 0.3) is 10.9 Å². The van der Waals surface area contributed by atoms with Crippen molar-refractivity contribution in [3.05, 3.63) is 58.2 Å². The number of anilines is 3. The summed E-state index contributed by atoms with van der Waals surface area (Å²) in [5.74, 6) is -0.0560. The number of nitrogens with one attached hydrogen (secondary N) is 3. The van der Waals surface area contributed by atoms with Gasteiger partial charge in [-0.3, -0.25) is 14.7 Å². The second-order valence-electron chi connectivity index (χ2n) is 8.14. The Morgan fingerprint density at radius 2 is 1.61 bits per heavy atom. The maximum Gasteiger partial charge on any atom is 0.323 e. The molecule has 0 saturated carbocycles. The molecule has 0 atom stereocenters. The molecule has 7 nitrogen and oxygen atoms in total. The molecule has 3 N–H and O–H groups in total. The zero-order valence-corrected chi connectivity index (χ0v) is 19.8. The summed E-state index contributed by atoms with van der Waals surface area (Å²) < 4.78 is 0. The third-order valence-electron chi connectivity index (χ3n) is 5.46. The van der Waals surface area contributed by atoms with Crippen LogP contribution in [0.1, 0.15) is 25.0 Å². The van der Waals surface area contributed by atoms with Crippen molar-refractivity contribution in [1.82, 2.24) is 9.88 Å². The molecule has 1 fully saturated rings. The van der Waals surface area contributed by atoms with Gasteiger partial charge in [-0.1, -0.05) is 29.6 Å². The number of carbonyl (C=O) groups is 2. The molecular formula is C24H25Cl2N5O2. The van der Waals surface area contributed by atoms with E-state index < -0.39 is 6.03 Å². The van der Waals surface area contributed by atoms with Crippen molar-refractivity contribution in [2.45, 2.75) is 26.2 Å². The maximum absolute atomic E-state index is 12.7. The predicted molar refractivity (Wildman–Crippen MR) is 135 cm³/mol. The van der Waals surface area contributed by atoms with Crippen LogP contribution in [0.3, 0.4) is 0 Å². The third-order valence-corrected chi connectivity index (χ3v) is 6.20. The number of hydrogen-bond acceptors (Lipinski definition) is 4. The smallest absolute Gasteiger partial charge is 0.323 e. The summed E-state index contributed by atoms with van der Waals surface area (Å²) in [6.45, 7) is 4.15. The number of rotatable bonds is 5. The highest BCUT2D eigenvalue weighted by atomic mass is 35.5. The number of aromatic nitrogens is 1. The Bertz CT molecular complexity index is 1190. The summed E-state index contributed by atoms with van der Waals surface area (Å²) in [5, 5.41) is 10.1. The first-order valence-corrected chi connectivity index (χ1v) is 11.6. The molecular weight excluding hydrogens is 461 g/mol. The van der Waals surface area contributed by atoms with Gasteiger partial charge < -0.3 is 16.0 Å². The minimum absolute atomic E-state index is 0.0560. The van der Waals surface area contributed by atoms with E-state index in [1.54, 1.807) is 30.3 Å². The Labute approximate surface area is 202 Å². The van der Waals surface area contributed by atoms with Crippen LogP contribution in [-0.4, -0.2) is 41.5 Å². The number of pyridine rings is 1. The predicted octanol–water partition coefficient (Wildman–Crippen LogP) is 5.92. The molecule has 2 aromatic carbocycles. The first-order valence-electron chi connectivity index (χ1n) is 10.8. The van der Waals surface area contributed by atoms with E-state index in [-0.39, 0.29) is 5.91 Å². The van der Waals surface area contributed by atoms with Gasteiger partial charge in [-0.05, 0) is 75.3 Å². The van der Waals surface area contributed by atoms with Gasteiger partial charge in [0.15, 0.2) is 0 Å². The van der Waals surface area contributed by atoms with Crippen molar-refractivity contribution < 1.29 is 9.59 Å². The lowest BCUT2D eigenvalue weighted by Gasteiger charge is -2.25. The van der Waals surface area contributed by atoms with E-state index in [1.807, 2.05) is 19.1 Å². The van der Waals surface area contributed by atoms with Gasteiger partial charge in [-0.25, -0.2) is 4.79 Å². The summed E-state index contributed by atoms with van der Waals surface area (Å²) >= 11 is 11.9. The topological polar surface area (TPSA) is 86.4 Å². The lowest BCUT2D eigenvalue weighted by atomic mass is 10.1. The van der Waals surface area contributed by atoms with Crippen LogP contribution < -0.4 is 16.0 Å². The Morgan fingerprint density at radius 1 is 0.909 bits per heavy atom. The molecule has 2 heterocycles. The summed E-state index contributed by atoms with van der Waals surface area (Å²) in [5.41, 5.74) is 3.29. The van der Waals surface area contributed by atoms with Gasteiger partial charge in [0, 0.05) is 22.5 Å². The number of fused-ring (bicyclic) bond motifs is 1. The van der Waals surface area contributed by atoms with E-state index in [1.165, 1.54) is 6.42 Å². The summed E-state index contributed by atoms with van der Waals surface area (Å²) in [6.07, 6.45) is 3.48. The van der Waals surface area contributed by atoms with Crippen LogP contribution in [0.5, 0.6) is 0 Å². The number of hydrogen-bond donors (Lipinski definition) is 3. The molecule has 0 bridgehead atoms. The molecule has 3 amide bonds. The molecule has 0 spiro atoms. The minimum atomic E-state index is -0.427. The van der Waals surface area contributed by atoms with E-state index in [0.29, 0.717) is 33.7 Å². The number of benzene rings is 2. The van der Waals surface area contributed by atoms with Gasteiger partial charge in [0.1, 0.15) is 0 Å². The fourth-order valence-corrected chi connectivity index (χ4v) is 4.22. The molecule has 1 aliphatic rings. The Balaban J connectivity index is 1.49. The zero-order valence-electron chi connectivity index (χ0n) is 18.3. The average molecular weight is 486 g/mol. The lowest BCUT2D eigenvalue weighted by molar-refractivity contribution is -0.117. The highest BCUT2D eigenvalue weighted by molar-refractivity contribution is 6.42. The molecule has 3 aromatic rings. The number of halogens is 2. The monoisotopic (exact) mass is 485 g/mol. The van der Waals surface area contributed by atoms with Gasteiger partial charge in [-0.15, -0.1) is 0 Å². The van der Waals surface area contributed by atoms with E-state index in [4.69, 9.17) is 23.2 Å². The lowest BCUT2D eigenvalue weighted by Crippen LogP contribution is -2.36. The van der Waals surface area contributed by atoms with E-state index in [2.05, 4.69) is 25.8 Å². The van der Waals surface area contributed by atoms with E-state index in [0.717, 1.165) is 42.5 Å². The highest BCUT2D eigenvalue weighted by Crippen LogP contribution is 2.28. The molecule has 9 heteroatoms. The molecule has 4 rings (SSSR count). The Morgan fingerprint density at radius 3 is 2.33 bits per heavy atom. The Hall–Kier alpha value is -2.87. The Kier molecular flexibility index (Phi) is 7.33. The first kappa shape index (κ1) is 23.3. The van der Waals surface area contributed by atoms with Crippen molar-refractivity contribution in [2.75, 3.05) is 35.6 Å². The number of carbonyl (C=O) groups excluding carboxylic acids is 2. The third kappa shape index (κ3) is 6.13. The second-order valence-corrected chi connectivity index (χ2v) is 8.95. The van der Waals surface area contributed by atoms with Gasteiger partial charge in [-0.2, -0.15) is 0 Å². The van der Waals surface area contributed by atoms with Crippen molar-refractivity contribution in [2.24, 2.45) is 0 Å². The van der Waals surface area contributed by atoms with Crippen LogP contribution in [0.4, 0.5) is 21.9 Å². The molecule has 33 heavy (non-hydrogen) atoms. The second kappa shape index (κ2) is 10.4. The van der Waals surface area contributed by atoms with Crippen LogP contribution in [-0.2, 0) is 4.79 Å². The van der Waals surface area contributed by atoms with Crippen molar-refractivity contribution >= 4 is 63.1 Å². The molecule has 172 valence electrons. The summed E-state index contributed by atoms with van der Waals surface area (Å²) in [7, 11) is 0. The van der Waals surface area contributed by atoms with Gasteiger partial charge in [0.2, 0.25) is 5.91 Å². The van der Waals surface area contributed by atoms with E-state index in [9.17, 15) is 9.59 Å². The SMILES string of the molecule is Cc1cc(NC(=O)CN2CCCCC2)c2cc(NC(=O)Nc3ccc(Cl)c(Cl)c3)ccc2n1. The molecule has 1 saturated heterocycles. The molecule has 0 radical (unpaired) electrons. The number of aryl methyl sites for hydroxylation is 1.